The van der Waals surface area contributed by atoms with Gasteiger partial charge in [-0.15, -0.1) is 0 Å². The van der Waals surface area contributed by atoms with Crippen molar-refractivity contribution in [2.75, 3.05) is 5.32 Å². The molecule has 0 atom stereocenters. The molecule has 0 aliphatic carbocycles. The summed E-state index contributed by atoms with van der Waals surface area (Å²) in [5, 5.41) is 5.54. The lowest BCUT2D eigenvalue weighted by Crippen LogP contribution is -2.24. The topological polar surface area (TPSA) is 41.1 Å². The van der Waals surface area contributed by atoms with Gasteiger partial charge in [0.15, 0.2) is 0 Å². The van der Waals surface area contributed by atoms with E-state index in [1.54, 1.807) is 6.20 Å². The Morgan fingerprint density at radius 3 is 2.35 bits per heavy atom. The van der Waals surface area contributed by atoms with Gasteiger partial charge in [-0.2, -0.15) is 0 Å². The summed E-state index contributed by atoms with van der Waals surface area (Å²) in [6.45, 7) is 8.07. The number of benzene rings is 1. The number of para-hydroxylation sites is 1. The zero-order valence-electron chi connectivity index (χ0n) is 10.9. The Morgan fingerprint density at radius 1 is 1.24 bits per heavy atom. The van der Waals surface area contributed by atoms with Crippen LogP contribution < -0.4 is 10.6 Å². The normalized spacial score (nSPS) is 10.9. The average Bonchev–Trinajstić information content (AvgIpc) is 2.23. The summed E-state index contributed by atoms with van der Waals surface area (Å²) in [5.74, 6) is 0.426. The Balaban J connectivity index is 2.62. The quantitative estimate of drug-likeness (QED) is 0.821. The third-order valence-corrected chi connectivity index (χ3v) is 2.42. The van der Waals surface area contributed by atoms with Crippen molar-refractivity contribution in [2.45, 2.75) is 27.7 Å². The maximum atomic E-state index is 11.6. The SMILES string of the molecule is Cc1cccc(C)c1NC(=O)N/C=C/C(C)C. The number of carbonyl (C=O) groups is 1. The van der Waals surface area contributed by atoms with Crippen LogP contribution in [0.4, 0.5) is 10.5 Å². The van der Waals surface area contributed by atoms with Crippen LogP contribution in [0.15, 0.2) is 30.5 Å². The second-order valence-corrected chi connectivity index (χ2v) is 4.47. The zero-order chi connectivity index (χ0) is 12.8. The van der Waals surface area contributed by atoms with Crippen molar-refractivity contribution < 1.29 is 4.79 Å². The fraction of sp³-hybridized carbons (Fsp3) is 0.357. The molecule has 17 heavy (non-hydrogen) atoms. The molecule has 3 heteroatoms. The molecule has 92 valence electrons. The second kappa shape index (κ2) is 6.09. The van der Waals surface area contributed by atoms with Crippen molar-refractivity contribution in [3.05, 3.63) is 41.6 Å². The molecule has 3 nitrogen and oxygen atoms in total. The van der Waals surface area contributed by atoms with Gasteiger partial charge in [-0.25, -0.2) is 4.79 Å². The van der Waals surface area contributed by atoms with Gasteiger partial charge in [-0.1, -0.05) is 38.1 Å². The minimum Gasteiger partial charge on any atom is -0.315 e. The summed E-state index contributed by atoms with van der Waals surface area (Å²) in [4.78, 5) is 11.6. The van der Waals surface area contributed by atoms with Gasteiger partial charge < -0.3 is 10.6 Å². The van der Waals surface area contributed by atoms with Gasteiger partial charge in [0.1, 0.15) is 0 Å². The van der Waals surface area contributed by atoms with E-state index in [0.717, 1.165) is 16.8 Å². The summed E-state index contributed by atoms with van der Waals surface area (Å²) in [6.07, 6.45) is 3.61. The molecule has 0 saturated carbocycles. The molecule has 0 aromatic heterocycles. The molecule has 0 aliphatic heterocycles. The van der Waals surface area contributed by atoms with Gasteiger partial charge in [-0.3, -0.25) is 0 Å². The number of amides is 2. The highest BCUT2D eigenvalue weighted by Gasteiger charge is 2.04. The van der Waals surface area contributed by atoms with Gasteiger partial charge in [0.25, 0.3) is 0 Å². The van der Waals surface area contributed by atoms with Crippen molar-refractivity contribution in [1.82, 2.24) is 5.32 Å². The Labute approximate surface area is 103 Å². The third kappa shape index (κ3) is 4.31. The van der Waals surface area contributed by atoms with Crippen LogP contribution in [0.3, 0.4) is 0 Å². The minimum atomic E-state index is -0.209. The van der Waals surface area contributed by atoms with Crippen LogP contribution in [0.1, 0.15) is 25.0 Å². The number of anilines is 1. The molecule has 0 unspecified atom stereocenters. The van der Waals surface area contributed by atoms with E-state index in [4.69, 9.17) is 0 Å². The molecule has 2 amide bonds. The van der Waals surface area contributed by atoms with Gasteiger partial charge in [-0.05, 0) is 30.9 Å². The first kappa shape index (κ1) is 13.3. The second-order valence-electron chi connectivity index (χ2n) is 4.47. The van der Waals surface area contributed by atoms with Crippen molar-refractivity contribution in [1.29, 1.82) is 0 Å². The summed E-state index contributed by atoms with van der Waals surface area (Å²) >= 11 is 0. The first-order valence-corrected chi connectivity index (χ1v) is 5.81. The standard InChI is InChI=1S/C14H20N2O/c1-10(2)8-9-15-14(17)16-13-11(3)6-5-7-12(13)4/h5-10H,1-4H3,(H2,15,16,17)/b9-8+. The van der Waals surface area contributed by atoms with E-state index >= 15 is 0 Å². The lowest BCUT2D eigenvalue weighted by molar-refractivity contribution is 0.255. The highest BCUT2D eigenvalue weighted by molar-refractivity contribution is 5.91. The molecule has 0 spiro atoms. The molecule has 0 bridgehead atoms. The van der Waals surface area contributed by atoms with Crippen molar-refractivity contribution in [3.8, 4) is 0 Å². The van der Waals surface area contributed by atoms with E-state index < -0.39 is 0 Å². The number of aryl methyl sites for hydroxylation is 2. The number of rotatable bonds is 3. The van der Waals surface area contributed by atoms with Crippen LogP contribution in [0.5, 0.6) is 0 Å². The predicted molar refractivity (Wildman–Crippen MR) is 72.0 cm³/mol. The Morgan fingerprint density at radius 2 is 1.82 bits per heavy atom. The number of urea groups is 1. The van der Waals surface area contributed by atoms with Crippen molar-refractivity contribution in [2.24, 2.45) is 5.92 Å². The first-order valence-electron chi connectivity index (χ1n) is 5.81. The number of nitrogens with one attached hydrogen (secondary N) is 2. The average molecular weight is 232 g/mol. The smallest absolute Gasteiger partial charge is 0.315 e. The lowest BCUT2D eigenvalue weighted by atomic mass is 10.1. The van der Waals surface area contributed by atoms with Crippen LogP contribution in [0.25, 0.3) is 0 Å². The summed E-state index contributed by atoms with van der Waals surface area (Å²) in [6, 6.07) is 5.73. The molecule has 0 fully saturated rings. The molecular weight excluding hydrogens is 212 g/mol. The molecule has 0 heterocycles. The molecule has 1 rings (SSSR count). The first-order chi connectivity index (χ1) is 8.00. The Kier molecular flexibility index (Phi) is 4.76. The van der Waals surface area contributed by atoms with Gasteiger partial charge in [0, 0.05) is 11.9 Å². The van der Waals surface area contributed by atoms with Crippen LogP contribution in [-0.4, -0.2) is 6.03 Å². The number of hydrogen-bond donors (Lipinski definition) is 2. The van der Waals surface area contributed by atoms with Crippen LogP contribution >= 0.6 is 0 Å². The highest BCUT2D eigenvalue weighted by Crippen LogP contribution is 2.18. The fourth-order valence-electron chi connectivity index (χ4n) is 1.48. The van der Waals surface area contributed by atoms with Crippen LogP contribution in [-0.2, 0) is 0 Å². The molecule has 1 aromatic carbocycles. The van der Waals surface area contributed by atoms with E-state index in [-0.39, 0.29) is 6.03 Å². The highest BCUT2D eigenvalue weighted by atomic mass is 16.2. The van der Waals surface area contributed by atoms with Crippen LogP contribution in [0.2, 0.25) is 0 Å². The zero-order valence-corrected chi connectivity index (χ0v) is 10.9. The van der Waals surface area contributed by atoms with E-state index in [2.05, 4.69) is 24.5 Å². The number of allylic oxidation sites excluding steroid dienone is 1. The van der Waals surface area contributed by atoms with Crippen LogP contribution in [0, 0.1) is 19.8 Å². The molecule has 2 N–H and O–H groups in total. The molecular formula is C14H20N2O. The largest absolute Gasteiger partial charge is 0.323 e. The molecule has 1 aromatic rings. The van der Waals surface area contributed by atoms with E-state index in [9.17, 15) is 4.79 Å². The molecule has 0 aliphatic rings. The maximum Gasteiger partial charge on any atom is 0.323 e. The van der Waals surface area contributed by atoms with Gasteiger partial charge in [0.2, 0.25) is 0 Å². The van der Waals surface area contributed by atoms with E-state index in [1.807, 2.05) is 38.1 Å². The summed E-state index contributed by atoms with van der Waals surface area (Å²) in [5.41, 5.74) is 3.00. The van der Waals surface area contributed by atoms with Crippen molar-refractivity contribution in [3.63, 3.8) is 0 Å². The fourth-order valence-corrected chi connectivity index (χ4v) is 1.48. The monoisotopic (exact) mass is 232 g/mol. The van der Waals surface area contributed by atoms with Gasteiger partial charge in [0.05, 0.1) is 0 Å². The maximum absolute atomic E-state index is 11.6. The van der Waals surface area contributed by atoms with Crippen molar-refractivity contribution >= 4 is 11.7 Å². The summed E-state index contributed by atoms with van der Waals surface area (Å²) in [7, 11) is 0. The Bertz CT molecular complexity index is 402. The van der Waals surface area contributed by atoms with E-state index in [0.29, 0.717) is 5.92 Å². The minimum absolute atomic E-state index is 0.209. The van der Waals surface area contributed by atoms with E-state index in [1.165, 1.54) is 0 Å². The Hall–Kier alpha value is -1.77. The molecule has 0 radical (unpaired) electrons. The van der Waals surface area contributed by atoms with Gasteiger partial charge >= 0.3 is 6.03 Å². The summed E-state index contributed by atoms with van der Waals surface area (Å²) < 4.78 is 0. The molecule has 0 saturated heterocycles. The number of hydrogen-bond acceptors (Lipinski definition) is 1. The predicted octanol–water partition coefficient (Wildman–Crippen LogP) is 3.59. The number of carbonyl (C=O) groups excluding carboxylic acids is 1. The third-order valence-electron chi connectivity index (χ3n) is 2.42. The lowest BCUT2D eigenvalue weighted by Gasteiger charge is -2.10.